The number of carbonyl (C=O) groups is 2. The van der Waals surface area contributed by atoms with Crippen molar-refractivity contribution < 1.29 is 19.1 Å². The lowest BCUT2D eigenvalue weighted by molar-refractivity contribution is -0.142. The molecule has 0 saturated heterocycles. The van der Waals surface area contributed by atoms with Crippen molar-refractivity contribution in [1.29, 1.82) is 0 Å². The number of hydrogen-bond acceptors (Lipinski definition) is 4. The average molecular weight is 399 g/mol. The smallest absolute Gasteiger partial charge is 0.261 e. The minimum Gasteiger partial charge on any atom is -0.497 e. The van der Waals surface area contributed by atoms with Gasteiger partial charge >= 0.3 is 0 Å². The van der Waals surface area contributed by atoms with Gasteiger partial charge in [-0.25, -0.2) is 0 Å². The first kappa shape index (κ1) is 22.3. The van der Waals surface area contributed by atoms with Crippen LogP contribution in [-0.2, 0) is 16.1 Å². The predicted octanol–water partition coefficient (Wildman–Crippen LogP) is 3.41. The topological polar surface area (TPSA) is 67.9 Å². The van der Waals surface area contributed by atoms with Gasteiger partial charge in [-0.2, -0.15) is 0 Å². The van der Waals surface area contributed by atoms with Crippen LogP contribution in [0.1, 0.15) is 32.3 Å². The van der Waals surface area contributed by atoms with Crippen LogP contribution in [0.2, 0.25) is 0 Å². The molecule has 6 heteroatoms. The van der Waals surface area contributed by atoms with Crippen LogP contribution in [0, 0.1) is 0 Å². The summed E-state index contributed by atoms with van der Waals surface area (Å²) in [4.78, 5) is 27.0. The Morgan fingerprint density at radius 3 is 2.34 bits per heavy atom. The molecule has 0 unspecified atom stereocenters. The number of ether oxygens (including phenoxy) is 2. The van der Waals surface area contributed by atoms with Crippen LogP contribution in [0.4, 0.5) is 0 Å². The summed E-state index contributed by atoms with van der Waals surface area (Å²) in [6.07, 6.45) is 1.90. The van der Waals surface area contributed by atoms with Crippen molar-refractivity contribution in [2.45, 2.75) is 39.3 Å². The molecule has 2 aromatic carbocycles. The molecule has 0 bridgehead atoms. The zero-order valence-electron chi connectivity index (χ0n) is 17.4. The van der Waals surface area contributed by atoms with E-state index in [-0.39, 0.29) is 18.4 Å². The number of unbranched alkanes of at least 4 members (excludes halogenated alkanes) is 1. The van der Waals surface area contributed by atoms with Gasteiger partial charge in [0, 0.05) is 13.1 Å². The molecule has 0 heterocycles. The van der Waals surface area contributed by atoms with E-state index < -0.39 is 6.04 Å². The molecule has 156 valence electrons. The van der Waals surface area contributed by atoms with E-state index in [1.807, 2.05) is 42.5 Å². The number of carbonyl (C=O) groups excluding carboxylic acids is 2. The number of para-hydroxylation sites is 1. The van der Waals surface area contributed by atoms with E-state index in [1.165, 1.54) is 0 Å². The van der Waals surface area contributed by atoms with Gasteiger partial charge in [-0.1, -0.05) is 43.7 Å². The summed E-state index contributed by atoms with van der Waals surface area (Å²) in [6, 6.07) is 16.0. The molecule has 0 aliphatic heterocycles. The summed E-state index contributed by atoms with van der Waals surface area (Å²) in [5.74, 6) is 0.942. The van der Waals surface area contributed by atoms with Crippen LogP contribution in [0.15, 0.2) is 54.6 Å². The van der Waals surface area contributed by atoms with Crippen molar-refractivity contribution in [3.8, 4) is 11.5 Å². The van der Waals surface area contributed by atoms with Crippen LogP contribution in [0.3, 0.4) is 0 Å². The van der Waals surface area contributed by atoms with Crippen molar-refractivity contribution in [3.05, 3.63) is 60.2 Å². The molecule has 6 nitrogen and oxygen atoms in total. The zero-order valence-corrected chi connectivity index (χ0v) is 17.4. The molecular formula is C23H30N2O4. The molecule has 2 aromatic rings. The van der Waals surface area contributed by atoms with E-state index in [4.69, 9.17) is 9.47 Å². The van der Waals surface area contributed by atoms with Crippen LogP contribution < -0.4 is 14.8 Å². The minimum atomic E-state index is -0.610. The number of nitrogens with zero attached hydrogens (tertiary/aromatic N) is 1. The molecule has 1 N–H and O–H groups in total. The van der Waals surface area contributed by atoms with Crippen molar-refractivity contribution in [1.82, 2.24) is 10.2 Å². The first-order valence-corrected chi connectivity index (χ1v) is 9.93. The van der Waals surface area contributed by atoms with E-state index >= 15 is 0 Å². The molecule has 0 saturated carbocycles. The number of rotatable bonds is 11. The predicted molar refractivity (Wildman–Crippen MR) is 113 cm³/mol. The first-order valence-electron chi connectivity index (χ1n) is 9.93. The molecule has 0 aliphatic carbocycles. The van der Waals surface area contributed by atoms with Crippen molar-refractivity contribution >= 4 is 11.8 Å². The van der Waals surface area contributed by atoms with Gasteiger partial charge in [-0.05, 0) is 43.2 Å². The maximum atomic E-state index is 12.9. The quantitative estimate of drug-likeness (QED) is 0.589. The molecule has 2 amide bonds. The summed E-state index contributed by atoms with van der Waals surface area (Å²) in [5, 5.41) is 2.90. The lowest BCUT2D eigenvalue weighted by Crippen LogP contribution is -2.49. The number of nitrogens with one attached hydrogen (secondary N) is 1. The van der Waals surface area contributed by atoms with Crippen LogP contribution >= 0.6 is 0 Å². The molecule has 0 aliphatic rings. The van der Waals surface area contributed by atoms with Crippen molar-refractivity contribution in [3.63, 3.8) is 0 Å². The molecule has 0 radical (unpaired) electrons. The van der Waals surface area contributed by atoms with Crippen molar-refractivity contribution in [2.75, 3.05) is 20.3 Å². The highest BCUT2D eigenvalue weighted by Crippen LogP contribution is 2.16. The Morgan fingerprint density at radius 1 is 1.03 bits per heavy atom. The maximum absolute atomic E-state index is 12.9. The lowest BCUT2D eigenvalue weighted by Gasteiger charge is -2.28. The highest BCUT2D eigenvalue weighted by molar-refractivity contribution is 5.87. The third-order valence-corrected chi connectivity index (χ3v) is 4.61. The summed E-state index contributed by atoms with van der Waals surface area (Å²) >= 11 is 0. The van der Waals surface area contributed by atoms with Gasteiger partial charge in [0.1, 0.15) is 17.5 Å². The fraction of sp³-hybridized carbons (Fsp3) is 0.391. The largest absolute Gasteiger partial charge is 0.497 e. The second kappa shape index (κ2) is 11.7. The third kappa shape index (κ3) is 7.14. The Labute approximate surface area is 172 Å². The highest BCUT2D eigenvalue weighted by atomic mass is 16.5. The van der Waals surface area contributed by atoms with Gasteiger partial charge in [-0.15, -0.1) is 0 Å². The van der Waals surface area contributed by atoms with Crippen LogP contribution in [0.25, 0.3) is 0 Å². The number of benzene rings is 2. The van der Waals surface area contributed by atoms with Crippen LogP contribution in [-0.4, -0.2) is 43.0 Å². The van der Waals surface area contributed by atoms with Crippen LogP contribution in [0.5, 0.6) is 11.5 Å². The summed E-state index contributed by atoms with van der Waals surface area (Å²) in [5.41, 5.74) is 0.909. The molecule has 0 fully saturated rings. The van der Waals surface area contributed by atoms with Gasteiger partial charge < -0.3 is 19.7 Å². The Bertz CT molecular complexity index is 762. The fourth-order valence-electron chi connectivity index (χ4n) is 2.79. The second-order valence-electron chi connectivity index (χ2n) is 6.79. The number of hydrogen-bond donors (Lipinski definition) is 1. The number of methoxy groups -OCH3 is 1. The SMILES string of the molecule is CCCCNC(=O)[C@H](C)N(Cc1ccc(OC)cc1)C(=O)COc1ccccc1. The summed E-state index contributed by atoms with van der Waals surface area (Å²) in [6.45, 7) is 4.59. The van der Waals surface area contributed by atoms with Crippen molar-refractivity contribution in [2.24, 2.45) is 0 Å². The zero-order chi connectivity index (χ0) is 21.1. The van der Waals surface area contributed by atoms with E-state index in [0.717, 1.165) is 24.2 Å². The lowest BCUT2D eigenvalue weighted by atomic mass is 10.1. The highest BCUT2D eigenvalue weighted by Gasteiger charge is 2.26. The standard InChI is InChI=1S/C23H30N2O4/c1-4-5-15-24-23(27)18(2)25(16-19-11-13-20(28-3)14-12-19)22(26)17-29-21-9-7-6-8-10-21/h6-14,18H,4-5,15-17H2,1-3H3,(H,24,27)/t18-/m0/s1. The average Bonchev–Trinajstić information content (AvgIpc) is 2.76. The fourth-order valence-corrected chi connectivity index (χ4v) is 2.79. The maximum Gasteiger partial charge on any atom is 0.261 e. The Kier molecular flexibility index (Phi) is 9.02. The Balaban J connectivity index is 2.09. The van der Waals surface area contributed by atoms with E-state index in [9.17, 15) is 9.59 Å². The number of amides is 2. The van der Waals surface area contributed by atoms with Gasteiger partial charge in [0.2, 0.25) is 5.91 Å². The third-order valence-electron chi connectivity index (χ3n) is 4.61. The minimum absolute atomic E-state index is 0.132. The van der Waals surface area contributed by atoms with E-state index in [2.05, 4.69) is 12.2 Å². The van der Waals surface area contributed by atoms with Gasteiger partial charge in [0.25, 0.3) is 5.91 Å². The van der Waals surface area contributed by atoms with Gasteiger partial charge in [-0.3, -0.25) is 9.59 Å². The van der Waals surface area contributed by atoms with Gasteiger partial charge in [0.05, 0.1) is 7.11 Å². The molecule has 0 spiro atoms. The molecule has 2 rings (SSSR count). The molecule has 0 aromatic heterocycles. The van der Waals surface area contributed by atoms with E-state index in [0.29, 0.717) is 18.8 Å². The van der Waals surface area contributed by atoms with Gasteiger partial charge in [0.15, 0.2) is 6.61 Å². The second-order valence-corrected chi connectivity index (χ2v) is 6.79. The van der Waals surface area contributed by atoms with E-state index in [1.54, 1.807) is 31.1 Å². The summed E-state index contributed by atoms with van der Waals surface area (Å²) < 4.78 is 10.8. The molecule has 29 heavy (non-hydrogen) atoms. The first-order chi connectivity index (χ1) is 14.0. The Hall–Kier alpha value is -3.02. The molecular weight excluding hydrogens is 368 g/mol. The molecule has 1 atom stereocenters. The Morgan fingerprint density at radius 2 is 1.72 bits per heavy atom. The summed E-state index contributed by atoms with van der Waals surface area (Å²) in [7, 11) is 1.61. The normalized spacial score (nSPS) is 11.4. The monoisotopic (exact) mass is 398 g/mol.